The largest absolute Gasteiger partial charge is 0.497 e. The van der Waals surface area contributed by atoms with Gasteiger partial charge in [0.05, 0.1) is 113 Å². The van der Waals surface area contributed by atoms with E-state index in [2.05, 4.69) is 167 Å². The van der Waals surface area contributed by atoms with Crippen molar-refractivity contribution in [3.63, 3.8) is 0 Å². The molecule has 9 fully saturated rings. The number of benzene rings is 8. The van der Waals surface area contributed by atoms with Crippen LogP contribution in [0.3, 0.4) is 0 Å². The Morgan fingerprint density at radius 1 is 0.324 bits per heavy atom. The van der Waals surface area contributed by atoms with E-state index in [1.165, 1.54) is 75.5 Å². The molecule has 142 heavy (non-hydrogen) atoms. The number of nitrogens with zero attached hydrogens (tertiary/aromatic N) is 2. The molecule has 0 aliphatic carbocycles. The van der Waals surface area contributed by atoms with Crippen LogP contribution >= 0.6 is 0 Å². The molecule has 0 spiro atoms. The van der Waals surface area contributed by atoms with Crippen molar-refractivity contribution in [2.45, 2.75) is 158 Å². The van der Waals surface area contributed by atoms with Crippen molar-refractivity contribution in [3.05, 3.63) is 308 Å². The van der Waals surface area contributed by atoms with E-state index in [-0.39, 0.29) is 125 Å². The maximum atomic E-state index is 13.7. The number of methoxy groups -OCH3 is 4. The van der Waals surface area contributed by atoms with Crippen molar-refractivity contribution in [1.82, 2.24) is 42.5 Å². The van der Waals surface area contributed by atoms with Gasteiger partial charge in [-0.3, -0.25) is 38.4 Å². The molecule has 31 nitrogen and oxygen atoms in total. The number of hydrogen-bond acceptors (Lipinski definition) is 23. The Morgan fingerprint density at radius 3 is 1.04 bits per heavy atom. The summed E-state index contributed by atoms with van der Waals surface area (Å²) in [6.07, 6.45) is 9.39. The van der Waals surface area contributed by atoms with Gasteiger partial charge in [0.15, 0.2) is 11.6 Å². The third kappa shape index (κ3) is 34.2. The topological polar surface area (TPSA) is 402 Å². The van der Waals surface area contributed by atoms with Crippen LogP contribution in [0.15, 0.2) is 268 Å². The van der Waals surface area contributed by atoms with E-state index < -0.39 is 5.82 Å². The number of anilines is 9. The van der Waals surface area contributed by atoms with Gasteiger partial charge in [0, 0.05) is 174 Å². The Kier molecular flexibility index (Phi) is 40.9. The highest BCUT2D eigenvalue weighted by Gasteiger charge is 2.30. The van der Waals surface area contributed by atoms with Gasteiger partial charge in [0.1, 0.15) is 40.5 Å². The highest BCUT2D eigenvalue weighted by molar-refractivity contribution is 5.84. The van der Waals surface area contributed by atoms with Crippen LogP contribution in [-0.2, 0) is 43.1 Å². The van der Waals surface area contributed by atoms with Crippen molar-refractivity contribution < 1.29 is 84.0 Å². The molecule has 36 heteroatoms. The van der Waals surface area contributed by atoms with Gasteiger partial charge in [0.2, 0.25) is 47.3 Å². The molecule has 0 saturated carbocycles. The summed E-state index contributed by atoms with van der Waals surface area (Å²) >= 11 is 0. The minimum Gasteiger partial charge on any atom is -0.497 e. The Labute approximate surface area is 823 Å². The second-order valence-electron chi connectivity index (χ2n) is 34.1. The Balaban J connectivity index is 0.000000167. The molecule has 0 radical (unpaired) electrons. The summed E-state index contributed by atoms with van der Waals surface area (Å²) in [4.78, 5) is 91.5. The molecule has 16 N–H and O–H groups in total. The molecule has 0 aromatic heterocycles. The molecule has 9 saturated heterocycles. The number of amides is 8. The third-order valence-corrected chi connectivity index (χ3v) is 23.6. The summed E-state index contributed by atoms with van der Waals surface area (Å²) in [5, 5.41) is 56.4. The second kappa shape index (κ2) is 53.8. The SMILES string of the molecule is C=C1NC(=O)CCC1Nc1ccc(C)c(C#N)c1.C=C1NC(=O)CCC1Nc1ccc(F)cc1.C=C1NC(=O)CCC1Nc1ccc(F)cc1OC.C=C1NC(=O)CCC1Nc1ccc(OC)c(F)c1.C=C1NC(=O)CCC1Nc1ccc(OC)cc1F.C=C1NC(=O)CCC1Nc1cccc(F)c1.C=C1NC(=O)CCC1Nc1cccc(N2CCOCC2)c1.C=C1NC(=O)CCC1Nc1cccc(OC)c1. The van der Waals surface area contributed by atoms with Crippen LogP contribution in [0.2, 0.25) is 0 Å². The van der Waals surface area contributed by atoms with Crippen LogP contribution in [-0.4, -0.2) is 150 Å². The quantitative estimate of drug-likeness (QED) is 0.0297. The Bertz CT molecular complexity index is 5960. The number of nitrogens with one attached hydrogen (secondary N) is 16. The number of carbonyl (C=O) groups excluding carboxylic acids is 8. The zero-order valence-corrected chi connectivity index (χ0v) is 80.2. The zero-order valence-electron chi connectivity index (χ0n) is 80.2. The molecule has 750 valence electrons. The number of carbonyl (C=O) groups is 8. The van der Waals surface area contributed by atoms with Gasteiger partial charge in [-0.05, 0) is 185 Å². The molecule has 0 bridgehead atoms. The molecule has 8 aromatic rings. The molecule has 17 rings (SSSR count). The van der Waals surface area contributed by atoms with Crippen molar-refractivity contribution in [1.29, 1.82) is 5.26 Å². The van der Waals surface area contributed by atoms with Crippen LogP contribution in [0, 0.1) is 47.3 Å². The average Bonchev–Trinajstić information content (AvgIpc) is 0.878. The summed E-state index contributed by atoms with van der Waals surface area (Å²) in [5.41, 5.74) is 14.2. The van der Waals surface area contributed by atoms with Crippen LogP contribution < -0.4 is 109 Å². The standard InChI is InChI=1S/C16H21N3O2.C14H15N3O.3C13H15FN2O2.C13H16N2O2.2C12H13FN2O/c1-12-15(5-6-16(20)17-12)18-13-3-2-4-14(11-13)19-7-9-21-10-8-19;1-9-3-4-12(7-11(9)8-15)17-13-5-6-14(18)16-10(13)2;1-8-11(4-6-13(17)15-8)16-9-3-5-12(18-2)10(14)7-9;1-8-11(5-6-13(17)15-8)16-12-4-3-9(18-2)7-10(12)14;1-8-10(5-6-13(17)15-8)16-11-4-3-9(14)7-12(11)18-2;1-9-12(6-7-13(16)14-9)15-10-4-3-5-11(8-10)17-2;1-8-11(6-7-12(16)14-8)15-10-4-2-9(13)3-5-10;1-8-11(5-6-12(16)14-8)15-10-4-2-3-9(13)7-10/h2-4,11,15,18H,1,5-10H2,(H,17,20);3-4,7,13,17H,2,5-6H2,1H3,(H,16,18);3,5,7,11,16H,1,4,6H2,2H3,(H,15,17);3-4,7,11,16H,1,5-6H2,2H3,(H,15,17);3-4,7,10,16H,1,5-6H2,2H3,(H,15,17);3-5,8,12,15H,1,6-7H2,2H3,(H,14,16);2-5,11,15H,1,6-7H2,(H,14,16);2-4,7,11,15H,1,5-6H2,(H,14,16). The Morgan fingerprint density at radius 2 is 0.655 bits per heavy atom. The summed E-state index contributed by atoms with van der Waals surface area (Å²) in [7, 11) is 6.03. The van der Waals surface area contributed by atoms with Crippen LogP contribution in [0.25, 0.3) is 0 Å². The first kappa shape index (κ1) is 108. The number of halogens is 5. The maximum absolute atomic E-state index is 13.7. The van der Waals surface area contributed by atoms with E-state index in [0.29, 0.717) is 157 Å². The van der Waals surface area contributed by atoms with Gasteiger partial charge in [-0.25, -0.2) is 22.0 Å². The number of ether oxygens (including phenoxy) is 5. The second-order valence-corrected chi connectivity index (χ2v) is 34.1. The predicted octanol–water partition coefficient (Wildman–Crippen LogP) is 15.9. The molecule has 9 heterocycles. The fourth-order valence-corrected chi connectivity index (χ4v) is 15.6. The average molecular weight is 1950 g/mol. The molecular formula is C106H123F5N18O13. The summed E-state index contributed by atoms with van der Waals surface area (Å²) in [5.74, 6) is 0.196. The minimum absolute atomic E-state index is 0.00200. The van der Waals surface area contributed by atoms with E-state index >= 15 is 0 Å². The van der Waals surface area contributed by atoms with Crippen molar-refractivity contribution in [2.24, 2.45) is 0 Å². The fraction of sp³-hybridized carbons (Fsp3) is 0.311. The van der Waals surface area contributed by atoms with Gasteiger partial charge < -0.3 is 114 Å². The monoisotopic (exact) mass is 1950 g/mol. The lowest BCUT2D eigenvalue weighted by Gasteiger charge is -2.30. The summed E-state index contributed by atoms with van der Waals surface area (Å²) in [6, 6.07) is 49.7. The maximum Gasteiger partial charge on any atom is 0.224 e. The molecule has 8 unspecified atom stereocenters. The molecule has 8 amide bonds. The van der Waals surface area contributed by atoms with Crippen LogP contribution in [0.4, 0.5) is 73.1 Å². The van der Waals surface area contributed by atoms with E-state index in [1.807, 2.05) is 55.5 Å². The van der Waals surface area contributed by atoms with Crippen molar-refractivity contribution >= 4 is 98.4 Å². The first-order valence-electron chi connectivity index (χ1n) is 46.2. The number of nitriles is 1. The van der Waals surface area contributed by atoms with E-state index in [1.54, 1.807) is 61.7 Å². The van der Waals surface area contributed by atoms with E-state index in [0.717, 1.165) is 91.0 Å². The predicted molar refractivity (Wildman–Crippen MR) is 541 cm³/mol. The van der Waals surface area contributed by atoms with E-state index in [9.17, 15) is 60.3 Å². The smallest absolute Gasteiger partial charge is 0.224 e. The Hall–Kier alpha value is -16.1. The lowest BCUT2D eigenvalue weighted by Crippen LogP contribution is -2.39. The van der Waals surface area contributed by atoms with Crippen molar-refractivity contribution in [3.8, 4) is 29.1 Å². The number of aryl methyl sites for hydroxylation is 1. The number of morpholine rings is 1. The number of hydrogen-bond donors (Lipinski definition) is 16. The molecule has 8 aromatic carbocycles. The van der Waals surface area contributed by atoms with Gasteiger partial charge in [-0.1, -0.05) is 76.9 Å². The van der Waals surface area contributed by atoms with Gasteiger partial charge in [-0.2, -0.15) is 5.26 Å². The normalized spacial score (nSPS) is 20.1. The first-order chi connectivity index (χ1) is 68.1. The molecule has 8 atom stereocenters. The van der Waals surface area contributed by atoms with Gasteiger partial charge in [-0.15, -0.1) is 0 Å². The van der Waals surface area contributed by atoms with Gasteiger partial charge >= 0.3 is 0 Å². The van der Waals surface area contributed by atoms with Crippen LogP contribution in [0.1, 0.15) is 114 Å². The van der Waals surface area contributed by atoms with Crippen molar-refractivity contribution in [2.75, 3.05) is 102 Å². The lowest BCUT2D eigenvalue weighted by atomic mass is 10.0. The third-order valence-electron chi connectivity index (χ3n) is 23.6. The number of rotatable bonds is 21. The van der Waals surface area contributed by atoms with Gasteiger partial charge in [0.25, 0.3) is 0 Å². The molecule has 9 aliphatic rings. The highest BCUT2D eigenvalue weighted by Crippen LogP contribution is 2.33. The molecular weight excluding hydrogens is 1830 g/mol. The van der Waals surface area contributed by atoms with Crippen LogP contribution in [0.5, 0.6) is 23.0 Å². The lowest BCUT2D eigenvalue weighted by molar-refractivity contribution is -0.122. The summed E-state index contributed by atoms with van der Waals surface area (Å²) < 4.78 is 91.4. The molecule has 9 aliphatic heterocycles. The highest BCUT2D eigenvalue weighted by atomic mass is 19.1. The first-order valence-corrected chi connectivity index (χ1v) is 46.2. The fourth-order valence-electron chi connectivity index (χ4n) is 15.6. The summed E-state index contributed by atoms with van der Waals surface area (Å²) in [6.45, 7) is 35.9. The number of piperidine rings is 8. The zero-order chi connectivity index (χ0) is 102. The minimum atomic E-state index is -0.423. The van der Waals surface area contributed by atoms with E-state index in [4.69, 9.17) is 28.9 Å².